The maximum atomic E-state index is 11.5. The van der Waals surface area contributed by atoms with E-state index in [1.807, 2.05) is 30.3 Å². The summed E-state index contributed by atoms with van der Waals surface area (Å²) in [5.74, 6) is -0.0723. The van der Waals surface area contributed by atoms with E-state index in [4.69, 9.17) is 5.73 Å². The molecular weight excluding hydrogens is 268 g/mol. The van der Waals surface area contributed by atoms with Gasteiger partial charge in [0.2, 0.25) is 5.91 Å². The van der Waals surface area contributed by atoms with Gasteiger partial charge in [0, 0.05) is 23.5 Å². The van der Waals surface area contributed by atoms with Gasteiger partial charge in [0.05, 0.1) is 0 Å². The summed E-state index contributed by atoms with van der Waals surface area (Å²) in [6, 6.07) is 9.32. The quantitative estimate of drug-likeness (QED) is 0.869. The van der Waals surface area contributed by atoms with Crippen LogP contribution in [0.15, 0.2) is 41.4 Å². The third-order valence-electron chi connectivity index (χ3n) is 2.11. The first-order chi connectivity index (χ1) is 7.59. The first-order valence-corrected chi connectivity index (χ1v) is 5.79. The van der Waals surface area contributed by atoms with Crippen LogP contribution in [0.5, 0.6) is 0 Å². The van der Waals surface area contributed by atoms with Crippen molar-refractivity contribution in [3.63, 3.8) is 0 Å². The van der Waals surface area contributed by atoms with Gasteiger partial charge in [0.1, 0.15) is 0 Å². The third-order valence-corrected chi connectivity index (χ3v) is 2.39. The average Bonchev–Trinajstić information content (AvgIpc) is 2.27. The van der Waals surface area contributed by atoms with Crippen molar-refractivity contribution in [2.75, 3.05) is 6.54 Å². The van der Waals surface area contributed by atoms with Gasteiger partial charge in [-0.1, -0.05) is 52.8 Å². The van der Waals surface area contributed by atoms with Crippen molar-refractivity contribution in [3.8, 4) is 0 Å². The van der Waals surface area contributed by atoms with Crippen LogP contribution in [0.4, 0.5) is 0 Å². The van der Waals surface area contributed by atoms with Gasteiger partial charge in [0.15, 0.2) is 0 Å². The number of hydrogen-bond donors (Lipinski definition) is 2. The fraction of sp³-hybridized carbons (Fsp3) is 0.250. The highest BCUT2D eigenvalue weighted by Gasteiger charge is 2.10. The van der Waals surface area contributed by atoms with Crippen LogP contribution in [0.2, 0.25) is 0 Å². The molecule has 1 aromatic carbocycles. The molecule has 0 radical (unpaired) electrons. The van der Waals surface area contributed by atoms with Crippen LogP contribution in [0, 0.1) is 0 Å². The van der Waals surface area contributed by atoms with Crippen LogP contribution in [0.25, 0.3) is 0 Å². The second kappa shape index (κ2) is 6.45. The van der Waals surface area contributed by atoms with E-state index in [9.17, 15) is 4.79 Å². The van der Waals surface area contributed by atoms with Crippen molar-refractivity contribution in [1.29, 1.82) is 0 Å². The number of nitrogens with one attached hydrogen (secondary N) is 1. The van der Waals surface area contributed by atoms with Crippen molar-refractivity contribution in [1.82, 2.24) is 5.32 Å². The Morgan fingerprint density at radius 2 is 2.06 bits per heavy atom. The molecule has 1 unspecified atom stereocenters. The molecule has 0 aliphatic carbocycles. The molecule has 0 aliphatic rings. The Balaban J connectivity index is 2.43. The molecule has 0 saturated heterocycles. The van der Waals surface area contributed by atoms with Crippen molar-refractivity contribution in [3.05, 3.63) is 47.0 Å². The molecule has 1 atom stereocenters. The van der Waals surface area contributed by atoms with Gasteiger partial charge < -0.3 is 11.1 Å². The Morgan fingerprint density at radius 1 is 1.44 bits per heavy atom. The summed E-state index contributed by atoms with van der Waals surface area (Å²) in [5.41, 5.74) is 6.88. The number of benzene rings is 1. The predicted molar refractivity (Wildman–Crippen MR) is 69.1 cm³/mol. The minimum Gasteiger partial charge on any atom is -0.351 e. The fourth-order valence-corrected chi connectivity index (χ4v) is 1.42. The van der Waals surface area contributed by atoms with E-state index in [0.717, 1.165) is 10.0 Å². The zero-order valence-corrected chi connectivity index (χ0v) is 10.5. The normalized spacial score (nSPS) is 11.9. The van der Waals surface area contributed by atoms with Crippen LogP contribution in [0.1, 0.15) is 18.0 Å². The lowest BCUT2D eigenvalue weighted by atomic mass is 10.0. The van der Waals surface area contributed by atoms with E-state index < -0.39 is 0 Å². The lowest BCUT2D eigenvalue weighted by molar-refractivity contribution is -0.121. The second-order valence-electron chi connectivity index (χ2n) is 3.52. The number of rotatable bonds is 5. The van der Waals surface area contributed by atoms with Crippen molar-refractivity contribution in [2.45, 2.75) is 12.5 Å². The van der Waals surface area contributed by atoms with Gasteiger partial charge in [-0.2, -0.15) is 0 Å². The highest BCUT2D eigenvalue weighted by molar-refractivity contribution is 9.11. The third kappa shape index (κ3) is 4.59. The number of amides is 1. The molecule has 0 fully saturated rings. The molecule has 0 aromatic heterocycles. The molecule has 4 heteroatoms. The van der Waals surface area contributed by atoms with Gasteiger partial charge in [-0.15, -0.1) is 0 Å². The van der Waals surface area contributed by atoms with E-state index in [1.165, 1.54) is 0 Å². The molecule has 1 aromatic rings. The van der Waals surface area contributed by atoms with E-state index in [-0.39, 0.29) is 18.4 Å². The molecule has 0 aliphatic heterocycles. The van der Waals surface area contributed by atoms with Crippen LogP contribution in [-0.4, -0.2) is 12.5 Å². The topological polar surface area (TPSA) is 55.1 Å². The number of hydrogen-bond acceptors (Lipinski definition) is 2. The van der Waals surface area contributed by atoms with Crippen LogP contribution >= 0.6 is 15.9 Å². The monoisotopic (exact) mass is 282 g/mol. The van der Waals surface area contributed by atoms with Crippen molar-refractivity contribution in [2.24, 2.45) is 5.73 Å². The van der Waals surface area contributed by atoms with Crippen molar-refractivity contribution < 1.29 is 4.79 Å². The average molecular weight is 283 g/mol. The summed E-state index contributed by atoms with van der Waals surface area (Å²) in [7, 11) is 0. The Labute approximate surface area is 104 Å². The summed E-state index contributed by atoms with van der Waals surface area (Å²) in [6.07, 6.45) is 0.282. The van der Waals surface area contributed by atoms with E-state index in [0.29, 0.717) is 6.54 Å². The Hall–Kier alpha value is -1.13. The Kier molecular flexibility index (Phi) is 5.22. The SMILES string of the molecule is C=C(Br)CNC(=O)CC(N)c1ccccc1. The molecule has 16 heavy (non-hydrogen) atoms. The molecular formula is C12H15BrN2O. The molecule has 0 saturated carbocycles. The van der Waals surface area contributed by atoms with Crippen molar-refractivity contribution >= 4 is 21.8 Å². The largest absolute Gasteiger partial charge is 0.351 e. The lowest BCUT2D eigenvalue weighted by Crippen LogP contribution is -2.28. The van der Waals surface area contributed by atoms with Crippen LogP contribution in [0.3, 0.4) is 0 Å². The fourth-order valence-electron chi connectivity index (χ4n) is 1.28. The van der Waals surface area contributed by atoms with Gasteiger partial charge in [-0.25, -0.2) is 0 Å². The standard InChI is InChI=1S/C12H15BrN2O/c1-9(13)8-15-12(16)7-11(14)10-5-3-2-4-6-10/h2-6,11H,1,7-8,14H2,(H,15,16). The maximum absolute atomic E-state index is 11.5. The molecule has 3 nitrogen and oxygen atoms in total. The maximum Gasteiger partial charge on any atom is 0.222 e. The zero-order chi connectivity index (χ0) is 12.0. The number of carbonyl (C=O) groups excluding carboxylic acids is 1. The van der Waals surface area contributed by atoms with Gasteiger partial charge >= 0.3 is 0 Å². The van der Waals surface area contributed by atoms with Gasteiger partial charge in [-0.05, 0) is 5.56 Å². The summed E-state index contributed by atoms with van der Waals surface area (Å²) in [5, 5.41) is 2.72. The molecule has 0 bridgehead atoms. The van der Waals surface area contributed by atoms with Gasteiger partial charge in [-0.3, -0.25) is 4.79 Å². The second-order valence-corrected chi connectivity index (χ2v) is 4.64. The smallest absolute Gasteiger partial charge is 0.222 e. The first kappa shape index (κ1) is 12.9. The summed E-state index contributed by atoms with van der Waals surface area (Å²) in [4.78, 5) is 11.5. The predicted octanol–water partition coefficient (Wildman–Crippen LogP) is 2.10. The Morgan fingerprint density at radius 3 is 2.62 bits per heavy atom. The number of carbonyl (C=O) groups is 1. The summed E-state index contributed by atoms with van der Waals surface area (Å²) >= 11 is 3.17. The molecule has 86 valence electrons. The highest BCUT2D eigenvalue weighted by atomic mass is 79.9. The number of nitrogens with two attached hydrogens (primary N) is 1. The van der Waals surface area contributed by atoms with Crippen LogP contribution in [-0.2, 0) is 4.79 Å². The molecule has 0 heterocycles. The first-order valence-electron chi connectivity index (χ1n) is 5.00. The molecule has 0 spiro atoms. The van der Waals surface area contributed by atoms with Gasteiger partial charge in [0.25, 0.3) is 0 Å². The number of halogens is 1. The minimum atomic E-state index is -0.259. The zero-order valence-electron chi connectivity index (χ0n) is 8.95. The summed E-state index contributed by atoms with van der Waals surface area (Å²) < 4.78 is 0.745. The van der Waals surface area contributed by atoms with E-state index in [1.54, 1.807) is 0 Å². The van der Waals surface area contributed by atoms with Crippen LogP contribution < -0.4 is 11.1 Å². The lowest BCUT2D eigenvalue weighted by Gasteiger charge is -2.11. The molecule has 1 rings (SSSR count). The van der Waals surface area contributed by atoms with E-state index in [2.05, 4.69) is 27.8 Å². The molecule has 1 amide bonds. The summed E-state index contributed by atoms with van der Waals surface area (Å²) in [6.45, 7) is 4.07. The molecule has 3 N–H and O–H groups in total. The minimum absolute atomic E-state index is 0.0723. The Bertz CT molecular complexity index is 365. The van der Waals surface area contributed by atoms with E-state index >= 15 is 0 Å². The highest BCUT2D eigenvalue weighted by Crippen LogP contribution is 2.12.